The molecule has 1 aliphatic rings. The van der Waals surface area contributed by atoms with Gasteiger partial charge in [-0.1, -0.05) is 0 Å². The summed E-state index contributed by atoms with van der Waals surface area (Å²) in [5.74, 6) is -0.00227. The van der Waals surface area contributed by atoms with Gasteiger partial charge < -0.3 is 15.7 Å². The predicted octanol–water partition coefficient (Wildman–Crippen LogP) is 2.08. The molecule has 5 heteroatoms. The number of hydrogen-bond acceptors (Lipinski definition) is 4. The summed E-state index contributed by atoms with van der Waals surface area (Å²) in [5, 5.41) is 10.9. The molecule has 2 aromatic rings. The lowest BCUT2D eigenvalue weighted by Crippen LogP contribution is -2.33. The second kappa shape index (κ2) is 4.21. The van der Waals surface area contributed by atoms with E-state index in [9.17, 15) is 9.90 Å². The monoisotopic (exact) mass is 276 g/mol. The van der Waals surface area contributed by atoms with Crippen LogP contribution in [0.2, 0.25) is 0 Å². The number of nitrogens with two attached hydrogens (primary N) is 1. The highest BCUT2D eigenvalue weighted by molar-refractivity contribution is 7.20. The third-order valence-electron chi connectivity index (χ3n) is 3.49. The highest BCUT2D eigenvalue weighted by Gasteiger charge is 2.34. The van der Waals surface area contributed by atoms with E-state index >= 15 is 0 Å². The molecule has 3 rings (SSSR count). The van der Waals surface area contributed by atoms with Gasteiger partial charge in [-0.05, 0) is 43.0 Å². The molecule has 3 N–H and O–H groups in total. The van der Waals surface area contributed by atoms with E-state index in [2.05, 4.69) is 0 Å². The molecule has 0 radical (unpaired) electrons. The van der Waals surface area contributed by atoms with E-state index in [1.165, 1.54) is 11.3 Å². The van der Waals surface area contributed by atoms with Crippen LogP contribution in [0.4, 0.5) is 5.69 Å². The Morgan fingerprint density at radius 3 is 2.95 bits per heavy atom. The van der Waals surface area contributed by atoms with Crippen LogP contribution in [0.5, 0.6) is 0 Å². The SMILES string of the molecule is CC1(O)CCN(C(=O)c2cc3cc(N)ccc3s2)C1. The van der Waals surface area contributed by atoms with E-state index in [0.717, 1.165) is 10.1 Å². The van der Waals surface area contributed by atoms with Crippen molar-refractivity contribution in [2.45, 2.75) is 18.9 Å². The number of hydrogen-bond donors (Lipinski definition) is 2. The van der Waals surface area contributed by atoms with Gasteiger partial charge in [0.2, 0.25) is 0 Å². The molecule has 1 unspecified atom stereocenters. The lowest BCUT2D eigenvalue weighted by Gasteiger charge is -2.18. The number of nitrogen functional groups attached to an aromatic ring is 1. The average Bonchev–Trinajstić information content (AvgIpc) is 2.90. The fourth-order valence-corrected chi connectivity index (χ4v) is 3.45. The first-order valence-electron chi connectivity index (χ1n) is 6.25. The standard InChI is InChI=1S/C14H16N2O2S/c1-14(18)4-5-16(8-14)13(17)12-7-9-6-10(15)2-3-11(9)19-12/h2-3,6-7,18H,4-5,8,15H2,1H3. The van der Waals surface area contributed by atoms with Gasteiger partial charge in [-0.3, -0.25) is 4.79 Å². The first kappa shape index (κ1) is 12.4. The number of thiophene rings is 1. The van der Waals surface area contributed by atoms with Crippen molar-refractivity contribution in [2.75, 3.05) is 18.8 Å². The molecule has 2 heterocycles. The van der Waals surface area contributed by atoms with Gasteiger partial charge in [-0.25, -0.2) is 0 Å². The van der Waals surface area contributed by atoms with Gasteiger partial charge in [0.1, 0.15) is 0 Å². The molecule has 1 fully saturated rings. The highest BCUT2D eigenvalue weighted by atomic mass is 32.1. The fraction of sp³-hybridized carbons (Fsp3) is 0.357. The maximum atomic E-state index is 12.4. The number of rotatable bonds is 1. The van der Waals surface area contributed by atoms with Crippen molar-refractivity contribution in [3.63, 3.8) is 0 Å². The highest BCUT2D eigenvalue weighted by Crippen LogP contribution is 2.30. The molecule has 1 saturated heterocycles. The maximum absolute atomic E-state index is 12.4. The number of carbonyl (C=O) groups is 1. The Bertz CT molecular complexity index is 648. The van der Waals surface area contributed by atoms with Crippen LogP contribution in [0.25, 0.3) is 10.1 Å². The third kappa shape index (κ3) is 2.31. The number of nitrogens with zero attached hydrogens (tertiary/aromatic N) is 1. The average molecular weight is 276 g/mol. The fourth-order valence-electron chi connectivity index (χ4n) is 2.44. The van der Waals surface area contributed by atoms with E-state index in [0.29, 0.717) is 30.1 Å². The Balaban J connectivity index is 1.90. The van der Waals surface area contributed by atoms with Gasteiger partial charge in [-0.2, -0.15) is 0 Å². The van der Waals surface area contributed by atoms with E-state index in [-0.39, 0.29) is 5.91 Å². The number of amides is 1. The van der Waals surface area contributed by atoms with Gasteiger partial charge in [0, 0.05) is 23.5 Å². The van der Waals surface area contributed by atoms with E-state index in [4.69, 9.17) is 5.73 Å². The van der Waals surface area contributed by atoms with Crippen molar-refractivity contribution >= 4 is 33.0 Å². The van der Waals surface area contributed by atoms with Crippen LogP contribution in [-0.4, -0.2) is 34.6 Å². The van der Waals surface area contributed by atoms with Crippen molar-refractivity contribution in [1.29, 1.82) is 0 Å². The summed E-state index contributed by atoms with van der Waals surface area (Å²) in [6, 6.07) is 7.54. The lowest BCUT2D eigenvalue weighted by atomic mass is 10.1. The smallest absolute Gasteiger partial charge is 0.264 e. The first-order chi connectivity index (χ1) is 8.94. The molecule has 1 aliphatic heterocycles. The molecule has 0 bridgehead atoms. The van der Waals surface area contributed by atoms with Crippen molar-refractivity contribution in [3.8, 4) is 0 Å². The third-order valence-corrected chi connectivity index (χ3v) is 4.59. The topological polar surface area (TPSA) is 66.6 Å². The Morgan fingerprint density at radius 1 is 1.47 bits per heavy atom. The first-order valence-corrected chi connectivity index (χ1v) is 7.07. The summed E-state index contributed by atoms with van der Waals surface area (Å²) in [5.41, 5.74) is 5.69. The summed E-state index contributed by atoms with van der Waals surface area (Å²) < 4.78 is 1.06. The van der Waals surface area contributed by atoms with Crippen molar-refractivity contribution in [3.05, 3.63) is 29.1 Å². The van der Waals surface area contributed by atoms with Gasteiger partial charge in [0.05, 0.1) is 10.5 Å². The van der Waals surface area contributed by atoms with Crippen LogP contribution >= 0.6 is 11.3 Å². The minimum Gasteiger partial charge on any atom is -0.399 e. The summed E-state index contributed by atoms with van der Waals surface area (Å²) in [4.78, 5) is 14.8. The van der Waals surface area contributed by atoms with Gasteiger partial charge in [-0.15, -0.1) is 11.3 Å². The van der Waals surface area contributed by atoms with Crippen LogP contribution in [0, 0.1) is 0 Å². The molecule has 19 heavy (non-hydrogen) atoms. The Morgan fingerprint density at radius 2 is 2.26 bits per heavy atom. The van der Waals surface area contributed by atoms with Crippen LogP contribution in [0.15, 0.2) is 24.3 Å². The normalized spacial score (nSPS) is 23.2. The van der Waals surface area contributed by atoms with Gasteiger partial charge >= 0.3 is 0 Å². The van der Waals surface area contributed by atoms with E-state index in [1.54, 1.807) is 11.8 Å². The molecule has 0 saturated carbocycles. The number of benzene rings is 1. The lowest BCUT2D eigenvalue weighted by molar-refractivity contribution is 0.0575. The van der Waals surface area contributed by atoms with Crippen LogP contribution < -0.4 is 5.73 Å². The van der Waals surface area contributed by atoms with Crippen molar-refractivity contribution in [2.24, 2.45) is 0 Å². The number of fused-ring (bicyclic) bond motifs is 1. The number of β-amino-alcohol motifs (C(OH)–C–C–N with tert-alkyl or cyclic N) is 1. The molecule has 100 valence electrons. The zero-order valence-electron chi connectivity index (χ0n) is 10.7. The zero-order valence-corrected chi connectivity index (χ0v) is 11.5. The molecular formula is C14H16N2O2S. The molecule has 1 amide bonds. The summed E-state index contributed by atoms with van der Waals surface area (Å²) in [7, 11) is 0. The summed E-state index contributed by atoms with van der Waals surface area (Å²) in [6.07, 6.45) is 0.635. The summed E-state index contributed by atoms with van der Waals surface area (Å²) in [6.45, 7) is 2.79. The molecule has 1 atom stereocenters. The van der Waals surface area contributed by atoms with E-state index < -0.39 is 5.60 Å². The quantitative estimate of drug-likeness (QED) is 0.784. The second-order valence-electron chi connectivity index (χ2n) is 5.38. The largest absolute Gasteiger partial charge is 0.399 e. The molecule has 1 aromatic carbocycles. The van der Waals surface area contributed by atoms with Crippen molar-refractivity contribution < 1.29 is 9.90 Å². The van der Waals surface area contributed by atoms with Crippen molar-refractivity contribution in [1.82, 2.24) is 4.90 Å². The minimum absolute atomic E-state index is 0.00227. The molecule has 0 spiro atoms. The molecule has 1 aromatic heterocycles. The number of aliphatic hydroxyl groups is 1. The van der Waals surface area contributed by atoms with Crippen LogP contribution in [0.3, 0.4) is 0 Å². The Kier molecular flexibility index (Phi) is 2.76. The number of anilines is 1. The van der Waals surface area contributed by atoms with Gasteiger partial charge in [0.25, 0.3) is 5.91 Å². The van der Waals surface area contributed by atoms with Crippen LogP contribution in [-0.2, 0) is 0 Å². The molecule has 4 nitrogen and oxygen atoms in total. The number of carbonyl (C=O) groups excluding carboxylic acids is 1. The maximum Gasteiger partial charge on any atom is 0.264 e. The minimum atomic E-state index is -0.753. The Labute approximate surface area is 115 Å². The van der Waals surface area contributed by atoms with Crippen LogP contribution in [0.1, 0.15) is 23.0 Å². The van der Waals surface area contributed by atoms with Gasteiger partial charge in [0.15, 0.2) is 0 Å². The second-order valence-corrected chi connectivity index (χ2v) is 6.47. The molecule has 0 aliphatic carbocycles. The Hall–Kier alpha value is -1.59. The number of likely N-dealkylation sites (tertiary alicyclic amines) is 1. The molecular weight excluding hydrogens is 260 g/mol. The zero-order chi connectivity index (χ0) is 13.6. The van der Waals surface area contributed by atoms with E-state index in [1.807, 2.05) is 24.3 Å². The summed E-state index contributed by atoms with van der Waals surface area (Å²) >= 11 is 1.47. The predicted molar refractivity (Wildman–Crippen MR) is 77.4 cm³/mol.